The lowest BCUT2D eigenvalue weighted by atomic mass is 10.0. The van der Waals surface area contributed by atoms with Crippen molar-refractivity contribution in [2.45, 2.75) is 31.1 Å². The van der Waals surface area contributed by atoms with Gasteiger partial charge in [-0.2, -0.15) is 0 Å². The summed E-state index contributed by atoms with van der Waals surface area (Å²) in [7, 11) is 2.01. The van der Waals surface area contributed by atoms with Crippen LogP contribution in [0.2, 0.25) is 0 Å². The van der Waals surface area contributed by atoms with Gasteiger partial charge in [-0.3, -0.25) is 4.79 Å². The van der Waals surface area contributed by atoms with E-state index in [2.05, 4.69) is 31.8 Å². The molecule has 4 rings (SSSR count). The van der Waals surface area contributed by atoms with Gasteiger partial charge in [0.2, 0.25) is 5.91 Å². The number of hydrogen-bond donors (Lipinski definition) is 3. The molecule has 0 bridgehead atoms. The van der Waals surface area contributed by atoms with Crippen molar-refractivity contribution in [2.24, 2.45) is 7.05 Å². The van der Waals surface area contributed by atoms with Crippen LogP contribution in [0.4, 0.5) is 0 Å². The lowest BCUT2D eigenvalue weighted by Gasteiger charge is -2.21. The normalized spacial score (nSPS) is 20.5. The lowest BCUT2D eigenvalue weighted by molar-refractivity contribution is -0.123. The highest BCUT2D eigenvalue weighted by Gasteiger charge is 2.32. The molecule has 7 nitrogen and oxygen atoms in total. The Morgan fingerprint density at radius 2 is 2.07 bits per heavy atom. The molecule has 3 unspecified atom stereocenters. The average molecular weight is 364 g/mol. The van der Waals surface area contributed by atoms with Crippen molar-refractivity contribution in [1.82, 2.24) is 30.3 Å². The number of hydrazine groups is 1. The minimum Gasteiger partial charge on any atom is -0.353 e. The van der Waals surface area contributed by atoms with Crippen LogP contribution in [-0.2, 0) is 18.4 Å². The summed E-state index contributed by atoms with van der Waals surface area (Å²) < 4.78 is 4.05. The molecule has 3 heterocycles. The van der Waals surface area contributed by atoms with Gasteiger partial charge in [0.1, 0.15) is 6.04 Å². The SMILES string of the molecule is Cn1cccc1C1CC(C(=O)NC(Cn2ccnc2)c2ccccc2)NN1. The van der Waals surface area contributed by atoms with Crippen LogP contribution in [0.1, 0.15) is 29.8 Å². The zero-order valence-electron chi connectivity index (χ0n) is 15.2. The topological polar surface area (TPSA) is 75.9 Å². The van der Waals surface area contributed by atoms with Crippen molar-refractivity contribution in [3.05, 3.63) is 78.6 Å². The van der Waals surface area contributed by atoms with E-state index in [1.54, 1.807) is 12.5 Å². The molecule has 7 heteroatoms. The Labute approximate surface area is 158 Å². The Kier molecular flexibility index (Phi) is 5.04. The molecule has 2 aromatic heterocycles. The minimum atomic E-state index is -0.279. The second-order valence-electron chi connectivity index (χ2n) is 6.90. The summed E-state index contributed by atoms with van der Waals surface area (Å²) in [6.45, 7) is 0.636. The third-order valence-electron chi connectivity index (χ3n) is 5.03. The second kappa shape index (κ2) is 7.77. The Morgan fingerprint density at radius 3 is 2.78 bits per heavy atom. The number of nitrogens with zero attached hydrogens (tertiary/aromatic N) is 3. The molecule has 0 aliphatic carbocycles. The number of aromatic nitrogens is 3. The van der Waals surface area contributed by atoms with Crippen LogP contribution in [0.25, 0.3) is 0 Å². The Bertz CT molecular complexity index is 873. The number of carbonyl (C=O) groups excluding carboxylic acids is 1. The fourth-order valence-electron chi connectivity index (χ4n) is 3.56. The highest BCUT2D eigenvalue weighted by Crippen LogP contribution is 2.23. The first-order chi connectivity index (χ1) is 13.2. The molecule has 1 aromatic carbocycles. The van der Waals surface area contributed by atoms with Crippen molar-refractivity contribution in [2.75, 3.05) is 0 Å². The molecule has 3 aromatic rings. The van der Waals surface area contributed by atoms with Gasteiger partial charge in [0.05, 0.1) is 18.4 Å². The summed E-state index contributed by atoms with van der Waals surface area (Å²) >= 11 is 0. The molecule has 1 saturated heterocycles. The van der Waals surface area contributed by atoms with E-state index >= 15 is 0 Å². The standard InChI is InChI=1S/C20H24N6O/c1-25-10-5-8-19(25)16-12-17(24-23-16)20(27)22-18(13-26-11-9-21-14-26)15-6-3-2-4-7-15/h2-11,14,16-18,23-24H,12-13H2,1H3,(H,22,27). The molecule has 1 amide bonds. The van der Waals surface area contributed by atoms with E-state index in [0.29, 0.717) is 13.0 Å². The summed E-state index contributed by atoms with van der Waals surface area (Å²) in [5.74, 6) is -0.00632. The van der Waals surface area contributed by atoms with Crippen LogP contribution in [0.15, 0.2) is 67.4 Å². The molecule has 1 aliphatic heterocycles. The minimum absolute atomic E-state index is 0.00632. The molecular weight excluding hydrogens is 340 g/mol. The highest BCUT2D eigenvalue weighted by atomic mass is 16.2. The number of aryl methyl sites for hydroxylation is 1. The Morgan fingerprint density at radius 1 is 1.22 bits per heavy atom. The van der Waals surface area contributed by atoms with Gasteiger partial charge in [0.25, 0.3) is 0 Å². The number of imidazole rings is 1. The first-order valence-electron chi connectivity index (χ1n) is 9.14. The van der Waals surface area contributed by atoms with E-state index < -0.39 is 0 Å². The zero-order valence-corrected chi connectivity index (χ0v) is 15.2. The summed E-state index contributed by atoms with van der Waals surface area (Å²) in [6, 6.07) is 13.8. The number of rotatable bonds is 6. The van der Waals surface area contributed by atoms with E-state index in [-0.39, 0.29) is 24.0 Å². The molecule has 1 fully saturated rings. The quantitative estimate of drug-likeness (QED) is 0.622. The van der Waals surface area contributed by atoms with Gasteiger partial charge in [-0.15, -0.1) is 0 Å². The van der Waals surface area contributed by atoms with E-state index in [0.717, 1.165) is 11.3 Å². The third-order valence-corrected chi connectivity index (χ3v) is 5.03. The summed E-state index contributed by atoms with van der Waals surface area (Å²) in [5, 5.41) is 3.20. The van der Waals surface area contributed by atoms with Gasteiger partial charge in [-0.1, -0.05) is 30.3 Å². The van der Waals surface area contributed by atoms with Crippen molar-refractivity contribution >= 4 is 5.91 Å². The summed E-state index contributed by atoms with van der Waals surface area (Å²) in [4.78, 5) is 17.0. The van der Waals surface area contributed by atoms with Crippen LogP contribution < -0.4 is 16.2 Å². The molecule has 1 aliphatic rings. The Balaban J connectivity index is 1.45. The number of hydrogen-bond acceptors (Lipinski definition) is 4. The second-order valence-corrected chi connectivity index (χ2v) is 6.90. The third kappa shape index (κ3) is 3.94. The van der Waals surface area contributed by atoms with Crippen molar-refractivity contribution in [3.63, 3.8) is 0 Å². The number of benzene rings is 1. The first kappa shape index (κ1) is 17.5. The number of carbonyl (C=O) groups is 1. The molecule has 27 heavy (non-hydrogen) atoms. The van der Waals surface area contributed by atoms with Crippen molar-refractivity contribution in [3.8, 4) is 0 Å². The maximum absolute atomic E-state index is 12.9. The van der Waals surface area contributed by atoms with Crippen LogP contribution >= 0.6 is 0 Å². The molecule has 3 N–H and O–H groups in total. The summed E-state index contributed by atoms with van der Waals surface area (Å²) in [5.41, 5.74) is 8.62. The highest BCUT2D eigenvalue weighted by molar-refractivity contribution is 5.82. The van der Waals surface area contributed by atoms with E-state index in [9.17, 15) is 4.79 Å². The van der Waals surface area contributed by atoms with Crippen molar-refractivity contribution in [1.29, 1.82) is 0 Å². The van der Waals surface area contributed by atoms with E-state index in [1.165, 1.54) is 0 Å². The molecule has 3 atom stereocenters. The number of nitrogens with one attached hydrogen (secondary N) is 3. The largest absolute Gasteiger partial charge is 0.353 e. The number of amides is 1. The predicted molar refractivity (Wildman–Crippen MR) is 102 cm³/mol. The van der Waals surface area contributed by atoms with Crippen LogP contribution in [0.5, 0.6) is 0 Å². The lowest BCUT2D eigenvalue weighted by Crippen LogP contribution is -2.45. The predicted octanol–water partition coefficient (Wildman–Crippen LogP) is 1.69. The molecule has 0 radical (unpaired) electrons. The zero-order chi connectivity index (χ0) is 18.6. The summed E-state index contributed by atoms with van der Waals surface area (Å²) in [6.07, 6.45) is 8.14. The van der Waals surface area contributed by atoms with Gasteiger partial charge in [-0.25, -0.2) is 15.8 Å². The van der Waals surface area contributed by atoms with Crippen molar-refractivity contribution < 1.29 is 4.79 Å². The van der Waals surface area contributed by atoms with Gasteiger partial charge in [0.15, 0.2) is 0 Å². The average Bonchev–Trinajstić information content (AvgIpc) is 3.43. The molecule has 140 valence electrons. The maximum atomic E-state index is 12.9. The molecule has 0 saturated carbocycles. The molecular formula is C20H24N6O. The van der Waals surface area contributed by atoms with E-state index in [4.69, 9.17) is 0 Å². The fourth-order valence-corrected chi connectivity index (χ4v) is 3.56. The first-order valence-corrected chi connectivity index (χ1v) is 9.14. The van der Waals surface area contributed by atoms with Crippen LogP contribution in [0, 0.1) is 0 Å². The smallest absolute Gasteiger partial charge is 0.239 e. The molecule has 0 spiro atoms. The monoisotopic (exact) mass is 364 g/mol. The van der Waals surface area contributed by atoms with Gasteiger partial charge >= 0.3 is 0 Å². The Hall–Kier alpha value is -2.90. The van der Waals surface area contributed by atoms with Gasteiger partial charge < -0.3 is 14.5 Å². The fraction of sp³-hybridized carbons (Fsp3) is 0.300. The van der Waals surface area contributed by atoms with Crippen LogP contribution in [-0.4, -0.2) is 26.1 Å². The maximum Gasteiger partial charge on any atom is 0.239 e. The van der Waals surface area contributed by atoms with E-state index in [1.807, 2.05) is 60.4 Å². The van der Waals surface area contributed by atoms with Gasteiger partial charge in [-0.05, 0) is 24.1 Å². The van der Waals surface area contributed by atoms with Gasteiger partial charge in [0, 0.05) is 37.9 Å². The van der Waals surface area contributed by atoms with Crippen LogP contribution in [0.3, 0.4) is 0 Å².